The maximum Gasteiger partial charge on any atom is 0.311 e. The summed E-state index contributed by atoms with van der Waals surface area (Å²) in [6, 6.07) is 3.19. The quantitative estimate of drug-likeness (QED) is 0.633. The van der Waals surface area contributed by atoms with E-state index in [1.807, 2.05) is 13.8 Å². The molecule has 114 valence electrons. The monoisotopic (exact) mass is 297 g/mol. The Labute approximate surface area is 120 Å². The average molecular weight is 297 g/mol. The van der Waals surface area contributed by atoms with Crippen molar-refractivity contribution in [1.82, 2.24) is 0 Å². The molecular weight excluding hydrogens is 281 g/mol. The average Bonchev–Trinajstić information content (AvgIpc) is 2.81. The first-order chi connectivity index (χ1) is 9.84. The summed E-state index contributed by atoms with van der Waals surface area (Å²) in [7, 11) is 0. The third kappa shape index (κ3) is 2.84. The van der Waals surface area contributed by atoms with Gasteiger partial charge in [0, 0.05) is 25.0 Å². The molecule has 0 spiro atoms. The summed E-state index contributed by atoms with van der Waals surface area (Å²) in [4.78, 5) is 10.4. The van der Waals surface area contributed by atoms with Crippen LogP contribution in [-0.2, 0) is 9.47 Å². The summed E-state index contributed by atoms with van der Waals surface area (Å²) >= 11 is 0. The number of ether oxygens (including phenoxy) is 3. The number of hydrogen-bond acceptors (Lipinski definition) is 5. The van der Waals surface area contributed by atoms with Gasteiger partial charge in [-0.1, -0.05) is 0 Å². The molecule has 3 rings (SSSR count). The fraction of sp³-hybridized carbons (Fsp3) is 0.571. The molecule has 2 fully saturated rings. The SMILES string of the molecule is CC1(C)O[C@H]2C[C@@H](Oc3cc(F)ccc3[N+](=O)[O-])C[C@H]2O1. The Morgan fingerprint density at radius 2 is 1.95 bits per heavy atom. The Morgan fingerprint density at radius 1 is 1.33 bits per heavy atom. The van der Waals surface area contributed by atoms with Gasteiger partial charge in [-0.05, 0) is 19.9 Å². The van der Waals surface area contributed by atoms with Crippen LogP contribution in [0.1, 0.15) is 26.7 Å². The highest BCUT2D eigenvalue weighted by Crippen LogP contribution is 2.40. The van der Waals surface area contributed by atoms with Gasteiger partial charge in [-0.15, -0.1) is 0 Å². The van der Waals surface area contributed by atoms with Crippen molar-refractivity contribution in [1.29, 1.82) is 0 Å². The van der Waals surface area contributed by atoms with Gasteiger partial charge in [0.2, 0.25) is 0 Å². The van der Waals surface area contributed by atoms with Crippen LogP contribution in [-0.4, -0.2) is 29.0 Å². The first kappa shape index (κ1) is 14.2. The molecule has 1 saturated carbocycles. The Morgan fingerprint density at radius 3 is 2.52 bits per heavy atom. The minimum atomic E-state index is -0.606. The van der Waals surface area contributed by atoms with Crippen molar-refractivity contribution in [3.63, 3.8) is 0 Å². The normalized spacial score (nSPS) is 30.1. The molecular formula is C14H16FNO5. The lowest BCUT2D eigenvalue weighted by Crippen LogP contribution is -2.25. The molecule has 1 aliphatic heterocycles. The molecule has 0 unspecified atom stereocenters. The molecule has 1 aromatic rings. The maximum absolute atomic E-state index is 13.3. The second kappa shape index (κ2) is 4.92. The third-order valence-electron chi connectivity index (χ3n) is 3.69. The van der Waals surface area contributed by atoms with E-state index in [2.05, 4.69) is 0 Å². The maximum atomic E-state index is 13.3. The van der Waals surface area contributed by atoms with Crippen LogP contribution in [0.2, 0.25) is 0 Å². The molecule has 1 saturated heterocycles. The van der Waals surface area contributed by atoms with E-state index >= 15 is 0 Å². The Balaban J connectivity index is 1.72. The van der Waals surface area contributed by atoms with Gasteiger partial charge in [0.1, 0.15) is 11.9 Å². The molecule has 7 heteroatoms. The highest BCUT2D eigenvalue weighted by Gasteiger charge is 2.48. The molecule has 6 nitrogen and oxygen atoms in total. The van der Waals surface area contributed by atoms with Crippen LogP contribution >= 0.6 is 0 Å². The van der Waals surface area contributed by atoms with Gasteiger partial charge >= 0.3 is 5.69 Å². The predicted molar refractivity (Wildman–Crippen MR) is 70.5 cm³/mol. The first-order valence-electron chi connectivity index (χ1n) is 6.80. The zero-order valence-corrected chi connectivity index (χ0v) is 11.7. The van der Waals surface area contributed by atoms with Crippen molar-refractivity contribution in [2.75, 3.05) is 0 Å². The van der Waals surface area contributed by atoms with Gasteiger partial charge in [0.15, 0.2) is 11.5 Å². The predicted octanol–water partition coefficient (Wildman–Crippen LogP) is 2.80. The number of benzene rings is 1. The van der Waals surface area contributed by atoms with E-state index in [-0.39, 0.29) is 29.7 Å². The summed E-state index contributed by atoms with van der Waals surface area (Å²) in [6.07, 6.45) is 0.690. The largest absolute Gasteiger partial charge is 0.483 e. The molecule has 1 aromatic carbocycles. The Kier molecular flexibility index (Phi) is 3.33. The molecule has 0 amide bonds. The van der Waals surface area contributed by atoms with E-state index in [1.54, 1.807) is 0 Å². The zero-order chi connectivity index (χ0) is 15.2. The number of nitro groups is 1. The molecule has 2 aliphatic rings. The number of halogens is 1. The minimum Gasteiger partial charge on any atom is -0.483 e. The highest BCUT2D eigenvalue weighted by molar-refractivity contribution is 5.46. The van der Waals surface area contributed by atoms with Crippen molar-refractivity contribution in [3.8, 4) is 5.75 Å². The van der Waals surface area contributed by atoms with Gasteiger partial charge in [-0.2, -0.15) is 0 Å². The second-order valence-electron chi connectivity index (χ2n) is 5.79. The van der Waals surface area contributed by atoms with Crippen molar-refractivity contribution in [2.45, 2.75) is 50.8 Å². The molecule has 0 bridgehead atoms. The fourth-order valence-electron chi connectivity index (χ4n) is 2.93. The number of fused-ring (bicyclic) bond motifs is 1. The molecule has 0 N–H and O–H groups in total. The molecule has 1 aliphatic carbocycles. The van der Waals surface area contributed by atoms with Crippen LogP contribution in [0.4, 0.5) is 10.1 Å². The van der Waals surface area contributed by atoms with Gasteiger partial charge < -0.3 is 14.2 Å². The lowest BCUT2D eigenvalue weighted by atomic mass is 10.2. The van der Waals surface area contributed by atoms with Crippen molar-refractivity contribution in [3.05, 3.63) is 34.1 Å². The van der Waals surface area contributed by atoms with Crippen LogP contribution < -0.4 is 4.74 Å². The Bertz CT molecular complexity index is 560. The molecule has 21 heavy (non-hydrogen) atoms. The number of nitrogens with zero attached hydrogens (tertiary/aromatic N) is 1. The van der Waals surface area contributed by atoms with Crippen LogP contribution in [0.3, 0.4) is 0 Å². The summed E-state index contributed by atoms with van der Waals surface area (Å²) in [5, 5.41) is 10.9. The van der Waals surface area contributed by atoms with Gasteiger partial charge in [0.05, 0.1) is 17.1 Å². The smallest absolute Gasteiger partial charge is 0.311 e. The number of rotatable bonds is 3. The lowest BCUT2D eigenvalue weighted by Gasteiger charge is -2.21. The third-order valence-corrected chi connectivity index (χ3v) is 3.69. The van der Waals surface area contributed by atoms with Crippen LogP contribution in [0.25, 0.3) is 0 Å². The number of nitro benzene ring substituents is 1. The summed E-state index contributed by atoms with van der Waals surface area (Å²) in [6.45, 7) is 3.69. The summed E-state index contributed by atoms with van der Waals surface area (Å²) in [5.74, 6) is -1.22. The van der Waals surface area contributed by atoms with Gasteiger partial charge in [-0.25, -0.2) is 4.39 Å². The highest BCUT2D eigenvalue weighted by atomic mass is 19.1. The van der Waals surface area contributed by atoms with E-state index in [4.69, 9.17) is 14.2 Å². The van der Waals surface area contributed by atoms with E-state index < -0.39 is 16.5 Å². The molecule has 1 heterocycles. The molecule has 3 atom stereocenters. The number of hydrogen-bond donors (Lipinski definition) is 0. The standard InChI is InChI=1S/C14H16FNO5/c1-14(2)20-12-6-9(7-13(12)21-14)19-11-5-8(15)3-4-10(11)16(17)18/h3-5,9,12-13H,6-7H2,1-2H3/t9-,12+,13-. The van der Waals surface area contributed by atoms with E-state index in [0.29, 0.717) is 12.8 Å². The summed E-state index contributed by atoms with van der Waals surface area (Å²) in [5.41, 5.74) is -0.240. The van der Waals surface area contributed by atoms with Crippen molar-refractivity contribution >= 4 is 5.69 Å². The first-order valence-corrected chi connectivity index (χ1v) is 6.80. The Hall–Kier alpha value is -1.73. The van der Waals surface area contributed by atoms with Gasteiger partial charge in [-0.3, -0.25) is 10.1 Å². The van der Waals surface area contributed by atoms with Gasteiger partial charge in [0.25, 0.3) is 0 Å². The zero-order valence-electron chi connectivity index (χ0n) is 11.7. The van der Waals surface area contributed by atoms with Crippen molar-refractivity contribution < 1.29 is 23.5 Å². The van der Waals surface area contributed by atoms with Crippen LogP contribution in [0, 0.1) is 15.9 Å². The lowest BCUT2D eigenvalue weighted by molar-refractivity contribution is -0.386. The second-order valence-corrected chi connectivity index (χ2v) is 5.79. The molecule has 0 aromatic heterocycles. The van der Waals surface area contributed by atoms with Crippen molar-refractivity contribution in [2.24, 2.45) is 0 Å². The van der Waals surface area contributed by atoms with E-state index in [9.17, 15) is 14.5 Å². The molecule has 0 radical (unpaired) electrons. The van der Waals surface area contributed by atoms with E-state index in [1.165, 1.54) is 0 Å². The minimum absolute atomic E-state index is 0.0516. The fourth-order valence-corrected chi connectivity index (χ4v) is 2.93. The topological polar surface area (TPSA) is 70.8 Å². The van der Waals surface area contributed by atoms with Crippen LogP contribution in [0.5, 0.6) is 5.75 Å². The van der Waals surface area contributed by atoms with Crippen LogP contribution in [0.15, 0.2) is 18.2 Å². The van der Waals surface area contributed by atoms with E-state index in [0.717, 1.165) is 18.2 Å². The summed E-state index contributed by atoms with van der Waals surface area (Å²) < 4.78 is 30.3.